The van der Waals surface area contributed by atoms with Crippen molar-refractivity contribution in [3.63, 3.8) is 0 Å². The fourth-order valence-electron chi connectivity index (χ4n) is 2.84. The van der Waals surface area contributed by atoms with E-state index in [2.05, 4.69) is 10.1 Å². The van der Waals surface area contributed by atoms with Gasteiger partial charge in [0, 0.05) is 18.2 Å². The highest BCUT2D eigenvalue weighted by Crippen LogP contribution is 2.21. The highest BCUT2D eigenvalue weighted by atomic mass is 16.5. The normalized spacial score (nSPS) is 10.7. The summed E-state index contributed by atoms with van der Waals surface area (Å²) in [6.07, 6.45) is 0. The van der Waals surface area contributed by atoms with Crippen LogP contribution in [0, 0.1) is 13.8 Å². The summed E-state index contributed by atoms with van der Waals surface area (Å²) in [6, 6.07) is 13.3. The summed E-state index contributed by atoms with van der Waals surface area (Å²) in [4.78, 5) is 18.7. The maximum atomic E-state index is 12.7. The van der Waals surface area contributed by atoms with Gasteiger partial charge in [-0.3, -0.25) is 4.79 Å². The Labute approximate surface area is 158 Å². The minimum absolute atomic E-state index is 0.0756. The van der Waals surface area contributed by atoms with Gasteiger partial charge >= 0.3 is 0 Å². The van der Waals surface area contributed by atoms with E-state index in [0.29, 0.717) is 23.9 Å². The largest absolute Gasteiger partial charge is 0.494 e. The molecule has 0 aliphatic heterocycles. The molecule has 0 unspecified atom stereocenters. The summed E-state index contributed by atoms with van der Waals surface area (Å²) in [5.74, 6) is 1.59. The zero-order valence-electron chi connectivity index (χ0n) is 16.0. The number of benzene rings is 2. The number of aryl methyl sites for hydroxylation is 2. The lowest BCUT2D eigenvalue weighted by Gasteiger charge is -2.16. The van der Waals surface area contributed by atoms with E-state index in [0.717, 1.165) is 22.4 Å². The van der Waals surface area contributed by atoms with Gasteiger partial charge in [0.25, 0.3) is 5.91 Å². The molecule has 0 radical (unpaired) electrons. The van der Waals surface area contributed by atoms with Crippen LogP contribution in [0.2, 0.25) is 0 Å². The van der Waals surface area contributed by atoms with Crippen molar-refractivity contribution in [1.82, 2.24) is 15.0 Å². The first-order valence-electron chi connectivity index (χ1n) is 8.86. The third-order valence-corrected chi connectivity index (χ3v) is 4.22. The van der Waals surface area contributed by atoms with Gasteiger partial charge < -0.3 is 14.2 Å². The maximum absolute atomic E-state index is 12.7. The predicted octanol–water partition coefficient (Wildman–Crippen LogP) is 4.02. The van der Waals surface area contributed by atoms with Gasteiger partial charge in [0.2, 0.25) is 11.7 Å². The van der Waals surface area contributed by atoms with Gasteiger partial charge in [-0.2, -0.15) is 4.98 Å². The lowest BCUT2D eigenvalue weighted by atomic mass is 10.0. The first kappa shape index (κ1) is 18.6. The molecule has 0 spiro atoms. The molecule has 0 aliphatic rings. The van der Waals surface area contributed by atoms with Crippen molar-refractivity contribution >= 4 is 5.91 Å². The number of amides is 1. The Kier molecular flexibility index (Phi) is 5.54. The van der Waals surface area contributed by atoms with Crippen LogP contribution in [0.25, 0.3) is 11.4 Å². The Morgan fingerprint density at radius 3 is 2.56 bits per heavy atom. The van der Waals surface area contributed by atoms with Gasteiger partial charge in [-0.1, -0.05) is 22.9 Å². The van der Waals surface area contributed by atoms with E-state index in [4.69, 9.17) is 9.26 Å². The molecule has 3 rings (SSSR count). The molecular weight excluding hydrogens is 342 g/mol. The van der Waals surface area contributed by atoms with Gasteiger partial charge in [-0.25, -0.2) is 0 Å². The Balaban J connectivity index is 1.70. The molecule has 2 aromatic carbocycles. The van der Waals surface area contributed by atoms with Crippen molar-refractivity contribution in [3.8, 4) is 17.1 Å². The quantitative estimate of drug-likeness (QED) is 0.660. The number of hydrogen-bond donors (Lipinski definition) is 0. The first-order valence-corrected chi connectivity index (χ1v) is 8.86. The molecule has 0 saturated carbocycles. The van der Waals surface area contributed by atoms with Gasteiger partial charge in [0.1, 0.15) is 5.75 Å². The van der Waals surface area contributed by atoms with E-state index in [1.54, 1.807) is 11.9 Å². The Morgan fingerprint density at radius 1 is 1.15 bits per heavy atom. The molecule has 0 aliphatic carbocycles. The second-order valence-electron chi connectivity index (χ2n) is 6.45. The lowest BCUT2D eigenvalue weighted by molar-refractivity contribution is 0.0769. The van der Waals surface area contributed by atoms with Crippen molar-refractivity contribution in [2.75, 3.05) is 13.7 Å². The second kappa shape index (κ2) is 8.03. The lowest BCUT2D eigenvalue weighted by Crippen LogP contribution is -2.27. The Morgan fingerprint density at radius 2 is 1.89 bits per heavy atom. The average Bonchev–Trinajstić information content (AvgIpc) is 3.10. The van der Waals surface area contributed by atoms with Crippen molar-refractivity contribution in [2.24, 2.45) is 0 Å². The number of carbonyl (C=O) groups is 1. The van der Waals surface area contributed by atoms with Gasteiger partial charge in [-0.05, 0) is 56.7 Å². The molecule has 27 heavy (non-hydrogen) atoms. The monoisotopic (exact) mass is 365 g/mol. The summed E-state index contributed by atoms with van der Waals surface area (Å²) in [5, 5.41) is 4.01. The van der Waals surface area contributed by atoms with Crippen molar-refractivity contribution < 1.29 is 14.1 Å². The van der Waals surface area contributed by atoms with Crippen LogP contribution >= 0.6 is 0 Å². The molecule has 3 aromatic rings. The van der Waals surface area contributed by atoms with Crippen molar-refractivity contribution in [3.05, 3.63) is 65.0 Å². The van der Waals surface area contributed by atoms with E-state index >= 15 is 0 Å². The highest BCUT2D eigenvalue weighted by Gasteiger charge is 2.17. The smallest absolute Gasteiger partial charge is 0.254 e. The Bertz CT molecular complexity index is 932. The van der Waals surface area contributed by atoms with E-state index in [9.17, 15) is 4.79 Å². The van der Waals surface area contributed by atoms with Crippen LogP contribution in [0.4, 0.5) is 0 Å². The Hall–Kier alpha value is -3.15. The SMILES string of the molecule is CCOc1ccc(-c2noc(CN(C)C(=O)c3ccc(C)cc3C)n2)cc1. The number of ether oxygens (including phenoxy) is 1. The van der Waals surface area contributed by atoms with Crippen LogP contribution < -0.4 is 4.74 Å². The van der Waals surface area contributed by atoms with Gasteiger partial charge in [-0.15, -0.1) is 0 Å². The van der Waals surface area contributed by atoms with Gasteiger partial charge in [0.15, 0.2) is 0 Å². The molecular formula is C21H23N3O3. The molecule has 140 valence electrons. The number of carbonyl (C=O) groups excluding carboxylic acids is 1. The third kappa shape index (κ3) is 4.34. The molecule has 0 bridgehead atoms. The number of rotatable bonds is 6. The zero-order chi connectivity index (χ0) is 19.4. The molecule has 0 fully saturated rings. The third-order valence-electron chi connectivity index (χ3n) is 4.22. The van der Waals surface area contributed by atoms with Crippen LogP contribution in [-0.2, 0) is 6.54 Å². The van der Waals surface area contributed by atoms with Crippen LogP contribution in [0.3, 0.4) is 0 Å². The number of nitrogens with zero attached hydrogens (tertiary/aromatic N) is 3. The fraction of sp³-hybridized carbons (Fsp3) is 0.286. The van der Waals surface area contributed by atoms with E-state index in [-0.39, 0.29) is 12.5 Å². The average molecular weight is 365 g/mol. The fourth-order valence-corrected chi connectivity index (χ4v) is 2.84. The minimum Gasteiger partial charge on any atom is -0.494 e. The standard InChI is InChI=1S/C21H23N3O3/c1-5-26-17-9-7-16(8-10-17)20-22-19(27-23-20)13-24(4)21(25)18-11-6-14(2)12-15(18)3/h6-12H,5,13H2,1-4H3. The maximum Gasteiger partial charge on any atom is 0.254 e. The second-order valence-corrected chi connectivity index (χ2v) is 6.45. The van der Waals surface area contributed by atoms with Gasteiger partial charge in [0.05, 0.1) is 13.2 Å². The van der Waals surface area contributed by atoms with E-state index in [1.165, 1.54) is 0 Å². The summed E-state index contributed by atoms with van der Waals surface area (Å²) < 4.78 is 10.7. The molecule has 1 aromatic heterocycles. The molecule has 0 N–H and O–H groups in total. The summed E-state index contributed by atoms with van der Waals surface area (Å²) in [5.41, 5.74) is 3.59. The topological polar surface area (TPSA) is 68.5 Å². The van der Waals surface area contributed by atoms with Crippen molar-refractivity contribution in [2.45, 2.75) is 27.3 Å². The highest BCUT2D eigenvalue weighted by molar-refractivity contribution is 5.95. The summed E-state index contributed by atoms with van der Waals surface area (Å²) >= 11 is 0. The predicted molar refractivity (Wildman–Crippen MR) is 103 cm³/mol. The molecule has 0 saturated heterocycles. The van der Waals surface area contributed by atoms with E-state index in [1.807, 2.05) is 63.2 Å². The van der Waals surface area contributed by atoms with E-state index < -0.39 is 0 Å². The summed E-state index contributed by atoms with van der Waals surface area (Å²) in [6.45, 7) is 6.74. The van der Waals surface area contributed by atoms with Crippen molar-refractivity contribution in [1.29, 1.82) is 0 Å². The number of hydrogen-bond acceptors (Lipinski definition) is 5. The number of aromatic nitrogens is 2. The van der Waals surface area contributed by atoms with Crippen LogP contribution in [0.5, 0.6) is 5.75 Å². The first-order chi connectivity index (χ1) is 13.0. The molecule has 0 atom stereocenters. The zero-order valence-corrected chi connectivity index (χ0v) is 16.0. The molecule has 1 heterocycles. The molecule has 6 heteroatoms. The van der Waals surface area contributed by atoms with Crippen LogP contribution in [-0.4, -0.2) is 34.6 Å². The minimum atomic E-state index is -0.0756. The summed E-state index contributed by atoms with van der Waals surface area (Å²) in [7, 11) is 1.72. The molecule has 1 amide bonds. The molecule has 6 nitrogen and oxygen atoms in total. The van der Waals surface area contributed by atoms with Crippen LogP contribution in [0.15, 0.2) is 47.0 Å². The van der Waals surface area contributed by atoms with Crippen LogP contribution in [0.1, 0.15) is 34.3 Å².